The first-order chi connectivity index (χ1) is 16.2. The van der Waals surface area contributed by atoms with Gasteiger partial charge in [-0.15, -0.1) is 0 Å². The number of ether oxygens (including phenoxy) is 2. The van der Waals surface area contributed by atoms with Crippen LogP contribution in [-0.2, 0) is 0 Å². The fourth-order valence-corrected chi connectivity index (χ4v) is 4.13. The number of Topliss-reactive ketones (excluding diaryl/α,β-unsaturated/α-hetero) is 2. The summed E-state index contributed by atoms with van der Waals surface area (Å²) in [6.45, 7) is 6.32. The van der Waals surface area contributed by atoms with Crippen molar-refractivity contribution in [1.29, 1.82) is 0 Å². The topological polar surface area (TPSA) is 59.1 Å². The van der Waals surface area contributed by atoms with Crippen LogP contribution in [-0.4, -0.2) is 75.9 Å². The van der Waals surface area contributed by atoms with Gasteiger partial charge in [0.05, 0.1) is 13.2 Å². The van der Waals surface area contributed by atoms with E-state index in [4.69, 9.17) is 9.47 Å². The molecule has 0 unspecified atom stereocenters. The molecule has 0 saturated carbocycles. The maximum atomic E-state index is 13.3. The molecule has 2 aromatic rings. The van der Waals surface area contributed by atoms with Crippen LogP contribution in [0.5, 0.6) is 11.5 Å². The Kier molecular flexibility index (Phi) is 11.2. The third-order valence-electron chi connectivity index (χ3n) is 5.68. The van der Waals surface area contributed by atoms with Crippen molar-refractivity contribution in [3.8, 4) is 11.5 Å². The lowest BCUT2D eigenvalue weighted by Crippen LogP contribution is -2.32. The standard InChI is InChI=1S/C28H40N2O4/c1-7-33-25-15-11-21(12-16-25)27(31)23(19-29(3)4)9-10-24(20-30(5)6)28(32)22-13-17-26(18-14-22)34-8-2/h11-18,23-24H,7-10,19-20H2,1-6H3/t23-,24+. The highest BCUT2D eigenvalue weighted by Crippen LogP contribution is 2.24. The molecule has 0 amide bonds. The minimum Gasteiger partial charge on any atom is -0.494 e. The fraction of sp³-hybridized carbons (Fsp3) is 0.500. The Morgan fingerprint density at radius 1 is 0.647 bits per heavy atom. The van der Waals surface area contributed by atoms with Crippen molar-refractivity contribution >= 4 is 11.6 Å². The van der Waals surface area contributed by atoms with E-state index in [1.54, 1.807) is 0 Å². The normalized spacial score (nSPS) is 13.1. The molecule has 0 fully saturated rings. The van der Waals surface area contributed by atoms with E-state index in [0.717, 1.165) is 11.5 Å². The van der Waals surface area contributed by atoms with E-state index >= 15 is 0 Å². The Balaban J connectivity index is 2.15. The van der Waals surface area contributed by atoms with Crippen molar-refractivity contribution in [3.63, 3.8) is 0 Å². The third-order valence-corrected chi connectivity index (χ3v) is 5.68. The number of carbonyl (C=O) groups is 2. The Morgan fingerprint density at radius 2 is 0.971 bits per heavy atom. The smallest absolute Gasteiger partial charge is 0.167 e. The van der Waals surface area contributed by atoms with Crippen molar-refractivity contribution in [1.82, 2.24) is 9.80 Å². The Bertz CT molecular complexity index is 816. The Hall–Kier alpha value is -2.70. The minimum absolute atomic E-state index is 0.105. The maximum Gasteiger partial charge on any atom is 0.167 e. The zero-order valence-electron chi connectivity index (χ0n) is 21.5. The summed E-state index contributed by atoms with van der Waals surface area (Å²) in [5, 5.41) is 0. The van der Waals surface area contributed by atoms with Gasteiger partial charge in [0.1, 0.15) is 11.5 Å². The van der Waals surface area contributed by atoms with Crippen LogP contribution in [0.25, 0.3) is 0 Å². The summed E-state index contributed by atoms with van der Waals surface area (Å²) in [4.78, 5) is 30.8. The van der Waals surface area contributed by atoms with Crippen molar-refractivity contribution < 1.29 is 19.1 Å². The molecule has 0 saturated heterocycles. The average Bonchev–Trinajstić information content (AvgIpc) is 2.81. The molecule has 0 aliphatic carbocycles. The molecule has 2 rings (SSSR count). The zero-order valence-corrected chi connectivity index (χ0v) is 21.5. The zero-order chi connectivity index (χ0) is 25.1. The van der Waals surface area contributed by atoms with Crippen LogP contribution in [0, 0.1) is 11.8 Å². The number of nitrogens with zero attached hydrogens (tertiary/aromatic N) is 2. The molecule has 0 radical (unpaired) electrons. The van der Waals surface area contributed by atoms with Crippen molar-refractivity contribution in [2.24, 2.45) is 11.8 Å². The van der Waals surface area contributed by atoms with E-state index in [1.807, 2.05) is 100 Å². The quantitative estimate of drug-likeness (QED) is 0.354. The van der Waals surface area contributed by atoms with E-state index in [-0.39, 0.29) is 23.4 Å². The molecule has 6 heteroatoms. The van der Waals surface area contributed by atoms with E-state index in [0.29, 0.717) is 50.3 Å². The number of hydrogen-bond donors (Lipinski definition) is 0. The van der Waals surface area contributed by atoms with Crippen molar-refractivity contribution in [2.45, 2.75) is 26.7 Å². The molecule has 2 aromatic carbocycles. The van der Waals surface area contributed by atoms with E-state index < -0.39 is 0 Å². The largest absolute Gasteiger partial charge is 0.494 e. The molecule has 2 atom stereocenters. The van der Waals surface area contributed by atoms with Gasteiger partial charge >= 0.3 is 0 Å². The molecular weight excluding hydrogens is 428 g/mol. The molecule has 0 aromatic heterocycles. The number of hydrogen-bond acceptors (Lipinski definition) is 6. The molecule has 0 spiro atoms. The molecule has 0 N–H and O–H groups in total. The molecule has 0 heterocycles. The number of ketones is 2. The van der Waals surface area contributed by atoms with Gasteiger partial charge in [-0.25, -0.2) is 0 Å². The van der Waals surface area contributed by atoms with Gasteiger partial charge in [-0.2, -0.15) is 0 Å². The van der Waals surface area contributed by atoms with Crippen LogP contribution in [0.4, 0.5) is 0 Å². The molecule has 186 valence electrons. The number of rotatable bonds is 15. The summed E-state index contributed by atoms with van der Waals surface area (Å²) >= 11 is 0. The highest BCUT2D eigenvalue weighted by molar-refractivity contribution is 5.99. The summed E-state index contributed by atoms with van der Waals surface area (Å²) in [5.41, 5.74) is 1.36. The van der Waals surface area contributed by atoms with E-state index in [2.05, 4.69) is 0 Å². The van der Waals surface area contributed by atoms with Crippen LogP contribution in [0.2, 0.25) is 0 Å². The predicted octanol–water partition coefficient (Wildman–Crippen LogP) is 4.69. The predicted molar refractivity (Wildman–Crippen MR) is 137 cm³/mol. The molecule has 0 aliphatic rings. The van der Waals surface area contributed by atoms with Crippen LogP contribution in [0.15, 0.2) is 48.5 Å². The Morgan fingerprint density at radius 3 is 1.24 bits per heavy atom. The molecule has 6 nitrogen and oxygen atoms in total. The molecule has 0 aliphatic heterocycles. The minimum atomic E-state index is -0.189. The van der Waals surface area contributed by atoms with Gasteiger partial charge in [0, 0.05) is 36.1 Å². The number of carbonyl (C=O) groups excluding carboxylic acids is 2. The second-order valence-corrected chi connectivity index (χ2v) is 9.14. The van der Waals surface area contributed by atoms with Gasteiger partial charge in [0.25, 0.3) is 0 Å². The van der Waals surface area contributed by atoms with Crippen LogP contribution in [0.3, 0.4) is 0 Å². The van der Waals surface area contributed by atoms with Gasteiger partial charge in [-0.05, 0) is 103 Å². The molecule has 34 heavy (non-hydrogen) atoms. The summed E-state index contributed by atoms with van der Waals surface area (Å²) in [6.07, 6.45) is 1.29. The third kappa shape index (κ3) is 8.58. The Labute approximate surface area is 204 Å². The second kappa shape index (κ2) is 13.9. The van der Waals surface area contributed by atoms with E-state index in [9.17, 15) is 9.59 Å². The van der Waals surface area contributed by atoms with Gasteiger partial charge in [-0.1, -0.05) is 0 Å². The van der Waals surface area contributed by atoms with Gasteiger partial charge in [0.2, 0.25) is 0 Å². The van der Waals surface area contributed by atoms with Gasteiger partial charge in [-0.3, -0.25) is 9.59 Å². The average molecular weight is 469 g/mol. The lowest BCUT2D eigenvalue weighted by atomic mass is 9.86. The SMILES string of the molecule is CCOc1ccc(C(=O)[C@H](CC[C@@H](CN(C)C)C(=O)c2ccc(OCC)cc2)CN(C)C)cc1. The molecule has 0 bridgehead atoms. The summed E-state index contributed by atoms with van der Waals surface area (Å²) in [5.74, 6) is 1.35. The van der Waals surface area contributed by atoms with Crippen molar-refractivity contribution in [2.75, 3.05) is 54.5 Å². The van der Waals surface area contributed by atoms with E-state index in [1.165, 1.54) is 0 Å². The van der Waals surface area contributed by atoms with Crippen LogP contribution >= 0.6 is 0 Å². The van der Waals surface area contributed by atoms with Crippen molar-refractivity contribution in [3.05, 3.63) is 59.7 Å². The first-order valence-corrected chi connectivity index (χ1v) is 12.1. The van der Waals surface area contributed by atoms with Crippen LogP contribution < -0.4 is 9.47 Å². The lowest BCUT2D eigenvalue weighted by Gasteiger charge is -2.24. The summed E-state index contributed by atoms with van der Waals surface area (Å²) in [6, 6.07) is 14.7. The van der Waals surface area contributed by atoms with Gasteiger partial charge in [0.15, 0.2) is 11.6 Å². The highest BCUT2D eigenvalue weighted by Gasteiger charge is 2.26. The fourth-order valence-electron chi connectivity index (χ4n) is 4.13. The first-order valence-electron chi connectivity index (χ1n) is 12.1. The molecular formula is C28H40N2O4. The monoisotopic (exact) mass is 468 g/mol. The first kappa shape index (κ1) is 27.5. The van der Waals surface area contributed by atoms with Gasteiger partial charge < -0.3 is 19.3 Å². The highest BCUT2D eigenvalue weighted by atomic mass is 16.5. The summed E-state index contributed by atoms with van der Waals surface area (Å²) < 4.78 is 11.0. The summed E-state index contributed by atoms with van der Waals surface area (Å²) in [7, 11) is 7.89. The number of benzene rings is 2. The van der Waals surface area contributed by atoms with Crippen LogP contribution in [0.1, 0.15) is 47.4 Å². The second-order valence-electron chi connectivity index (χ2n) is 9.14. The maximum absolute atomic E-state index is 13.3. The lowest BCUT2D eigenvalue weighted by molar-refractivity contribution is 0.0834.